The molecule has 1 aliphatic heterocycles. The van der Waals surface area contributed by atoms with Gasteiger partial charge < -0.3 is 14.3 Å². The second kappa shape index (κ2) is 6.45. The second-order valence-electron chi connectivity index (χ2n) is 6.02. The standard InChI is InChI=1S/C14H21N7O2/c1-10-16-13(23-17-10)4-5-14(22)20-8-11(19(2)3)12(9-20)21-7-6-15-18-21/h6-7,11-12H,4-5,8-9H2,1-3H3/t11-,12+/m1/s1. The topological polar surface area (TPSA) is 93.2 Å². The Morgan fingerprint density at radius 3 is 2.87 bits per heavy atom. The number of likely N-dealkylation sites (N-methyl/N-ethyl adjacent to an activating group) is 1. The zero-order chi connectivity index (χ0) is 16.4. The number of nitrogens with zero attached hydrogens (tertiary/aromatic N) is 7. The van der Waals surface area contributed by atoms with E-state index in [0.29, 0.717) is 37.6 Å². The zero-order valence-corrected chi connectivity index (χ0v) is 13.6. The lowest BCUT2D eigenvalue weighted by molar-refractivity contribution is -0.130. The Morgan fingerprint density at radius 1 is 1.43 bits per heavy atom. The Labute approximate surface area is 134 Å². The molecule has 0 bridgehead atoms. The maximum atomic E-state index is 12.5. The first-order valence-electron chi connectivity index (χ1n) is 7.64. The molecular weight excluding hydrogens is 298 g/mol. The van der Waals surface area contributed by atoms with Crippen LogP contribution < -0.4 is 0 Å². The first-order valence-corrected chi connectivity index (χ1v) is 7.64. The molecule has 1 aliphatic rings. The molecule has 2 atom stereocenters. The van der Waals surface area contributed by atoms with E-state index in [0.717, 1.165) is 0 Å². The van der Waals surface area contributed by atoms with E-state index >= 15 is 0 Å². The van der Waals surface area contributed by atoms with Gasteiger partial charge in [-0.2, -0.15) is 4.98 Å². The van der Waals surface area contributed by atoms with E-state index < -0.39 is 0 Å². The SMILES string of the molecule is Cc1noc(CCC(=O)N2C[C@@H](N(C)C)[C@@H](n3ccnn3)C2)n1. The van der Waals surface area contributed by atoms with E-state index in [-0.39, 0.29) is 18.0 Å². The highest BCUT2D eigenvalue weighted by Crippen LogP contribution is 2.25. The molecular formula is C14H21N7O2. The number of carbonyl (C=O) groups excluding carboxylic acids is 1. The van der Waals surface area contributed by atoms with Crippen molar-refractivity contribution in [2.45, 2.75) is 31.8 Å². The monoisotopic (exact) mass is 319 g/mol. The molecule has 1 fully saturated rings. The van der Waals surface area contributed by atoms with Crippen molar-refractivity contribution in [1.29, 1.82) is 0 Å². The van der Waals surface area contributed by atoms with Crippen LogP contribution >= 0.6 is 0 Å². The normalized spacial score (nSPS) is 21.3. The summed E-state index contributed by atoms with van der Waals surface area (Å²) in [5, 5.41) is 11.7. The van der Waals surface area contributed by atoms with E-state index in [9.17, 15) is 4.79 Å². The van der Waals surface area contributed by atoms with E-state index in [1.165, 1.54) is 0 Å². The van der Waals surface area contributed by atoms with E-state index in [1.807, 2.05) is 29.9 Å². The molecule has 2 aromatic rings. The highest BCUT2D eigenvalue weighted by atomic mass is 16.5. The molecule has 0 aromatic carbocycles. The Bertz CT molecular complexity index is 652. The molecule has 0 spiro atoms. The summed E-state index contributed by atoms with van der Waals surface area (Å²) in [7, 11) is 4.04. The Kier molecular flexibility index (Phi) is 4.37. The summed E-state index contributed by atoms with van der Waals surface area (Å²) >= 11 is 0. The van der Waals surface area contributed by atoms with Gasteiger partial charge in [0.15, 0.2) is 5.82 Å². The van der Waals surface area contributed by atoms with E-state index in [1.54, 1.807) is 13.1 Å². The molecule has 3 rings (SSSR count). The quantitative estimate of drug-likeness (QED) is 0.760. The Hall–Kier alpha value is -2.29. The van der Waals surface area contributed by atoms with Gasteiger partial charge in [0, 0.05) is 32.1 Å². The largest absolute Gasteiger partial charge is 0.339 e. The number of likely N-dealkylation sites (tertiary alicyclic amines) is 1. The third-order valence-electron chi connectivity index (χ3n) is 4.18. The van der Waals surface area contributed by atoms with Gasteiger partial charge in [-0.25, -0.2) is 4.68 Å². The van der Waals surface area contributed by atoms with Gasteiger partial charge >= 0.3 is 0 Å². The maximum Gasteiger partial charge on any atom is 0.227 e. The third-order valence-corrected chi connectivity index (χ3v) is 4.18. The van der Waals surface area contributed by atoms with Gasteiger partial charge in [-0.3, -0.25) is 4.79 Å². The summed E-state index contributed by atoms with van der Waals surface area (Å²) in [6, 6.07) is 0.327. The Morgan fingerprint density at radius 2 is 2.26 bits per heavy atom. The van der Waals surface area contributed by atoms with Crippen LogP contribution in [0.3, 0.4) is 0 Å². The van der Waals surface area contributed by atoms with Crippen molar-refractivity contribution >= 4 is 5.91 Å². The molecule has 0 unspecified atom stereocenters. The van der Waals surface area contributed by atoms with Crippen LogP contribution in [-0.4, -0.2) is 74.1 Å². The molecule has 9 nitrogen and oxygen atoms in total. The van der Waals surface area contributed by atoms with Crippen LogP contribution in [-0.2, 0) is 11.2 Å². The summed E-state index contributed by atoms with van der Waals surface area (Å²) in [5.74, 6) is 1.19. The number of aromatic nitrogens is 5. The van der Waals surface area contributed by atoms with Gasteiger partial charge in [-0.15, -0.1) is 5.10 Å². The van der Waals surface area contributed by atoms with Gasteiger partial charge in [0.05, 0.1) is 18.3 Å². The summed E-state index contributed by atoms with van der Waals surface area (Å²) in [6.07, 6.45) is 4.34. The zero-order valence-electron chi connectivity index (χ0n) is 13.6. The number of hydrogen-bond acceptors (Lipinski definition) is 7. The number of carbonyl (C=O) groups is 1. The predicted molar refractivity (Wildman–Crippen MR) is 80.5 cm³/mol. The van der Waals surface area contributed by atoms with Gasteiger partial charge in [0.1, 0.15) is 0 Å². The lowest BCUT2D eigenvalue weighted by Gasteiger charge is -2.24. The fraction of sp³-hybridized carbons (Fsp3) is 0.643. The van der Waals surface area contributed by atoms with Gasteiger partial charge in [-0.05, 0) is 21.0 Å². The van der Waals surface area contributed by atoms with Crippen LogP contribution in [0.5, 0.6) is 0 Å². The summed E-state index contributed by atoms with van der Waals surface area (Å²) in [4.78, 5) is 20.6. The summed E-state index contributed by atoms with van der Waals surface area (Å²) < 4.78 is 6.89. The van der Waals surface area contributed by atoms with Crippen molar-refractivity contribution < 1.29 is 9.32 Å². The van der Waals surface area contributed by atoms with Crippen molar-refractivity contribution in [3.8, 4) is 0 Å². The minimum absolute atomic E-state index is 0.0929. The van der Waals surface area contributed by atoms with Crippen molar-refractivity contribution in [3.05, 3.63) is 24.1 Å². The first kappa shape index (κ1) is 15.6. The Balaban J connectivity index is 1.62. The van der Waals surface area contributed by atoms with Crippen molar-refractivity contribution in [1.82, 2.24) is 34.9 Å². The van der Waals surface area contributed by atoms with Crippen molar-refractivity contribution in [2.75, 3.05) is 27.2 Å². The molecule has 124 valence electrons. The predicted octanol–water partition coefficient (Wildman–Crippen LogP) is -0.0842. The molecule has 1 amide bonds. The van der Waals surface area contributed by atoms with Crippen LogP contribution in [0.15, 0.2) is 16.9 Å². The van der Waals surface area contributed by atoms with Gasteiger partial charge in [-0.1, -0.05) is 10.4 Å². The first-order chi connectivity index (χ1) is 11.0. The molecule has 0 aliphatic carbocycles. The van der Waals surface area contributed by atoms with Gasteiger partial charge in [0.25, 0.3) is 0 Å². The molecule has 3 heterocycles. The molecule has 9 heteroatoms. The maximum absolute atomic E-state index is 12.5. The molecule has 0 saturated carbocycles. The lowest BCUT2D eigenvalue weighted by Crippen LogP contribution is -2.37. The minimum Gasteiger partial charge on any atom is -0.339 e. The van der Waals surface area contributed by atoms with E-state index in [4.69, 9.17) is 4.52 Å². The highest BCUT2D eigenvalue weighted by Gasteiger charge is 2.37. The minimum atomic E-state index is 0.0929. The number of aryl methyl sites for hydroxylation is 2. The molecule has 23 heavy (non-hydrogen) atoms. The van der Waals surface area contributed by atoms with Crippen LogP contribution in [0.2, 0.25) is 0 Å². The fourth-order valence-corrected chi connectivity index (χ4v) is 2.95. The smallest absolute Gasteiger partial charge is 0.227 e. The average molecular weight is 319 g/mol. The molecule has 2 aromatic heterocycles. The van der Waals surface area contributed by atoms with Crippen LogP contribution in [0.1, 0.15) is 24.2 Å². The number of amides is 1. The summed E-state index contributed by atoms with van der Waals surface area (Å²) in [6.45, 7) is 3.08. The van der Waals surface area contributed by atoms with Crippen molar-refractivity contribution in [3.63, 3.8) is 0 Å². The fourth-order valence-electron chi connectivity index (χ4n) is 2.95. The molecule has 1 saturated heterocycles. The lowest BCUT2D eigenvalue weighted by atomic mass is 10.1. The molecule has 0 N–H and O–H groups in total. The van der Waals surface area contributed by atoms with Crippen LogP contribution in [0, 0.1) is 6.92 Å². The number of hydrogen-bond donors (Lipinski definition) is 0. The summed E-state index contributed by atoms with van der Waals surface area (Å²) in [5.41, 5.74) is 0. The van der Waals surface area contributed by atoms with Crippen LogP contribution in [0.25, 0.3) is 0 Å². The third kappa shape index (κ3) is 3.39. The highest BCUT2D eigenvalue weighted by molar-refractivity contribution is 5.76. The molecule has 0 radical (unpaired) electrons. The van der Waals surface area contributed by atoms with E-state index in [2.05, 4.69) is 25.4 Å². The van der Waals surface area contributed by atoms with Gasteiger partial charge in [0.2, 0.25) is 11.8 Å². The number of rotatable bonds is 5. The van der Waals surface area contributed by atoms with Crippen LogP contribution in [0.4, 0.5) is 0 Å². The second-order valence-corrected chi connectivity index (χ2v) is 6.02. The average Bonchev–Trinajstić information content (AvgIpc) is 3.24. The van der Waals surface area contributed by atoms with Crippen molar-refractivity contribution in [2.24, 2.45) is 0 Å².